The van der Waals surface area contributed by atoms with Gasteiger partial charge in [-0.1, -0.05) is 280 Å². The fraction of sp³-hybridized carbons (Fsp3) is 0.667. The molecule has 0 spiro atoms. The van der Waals surface area contributed by atoms with Crippen LogP contribution in [0.15, 0.2) is 170 Å². The Balaban J connectivity index is 1.40. The topological polar surface area (TPSA) is 307 Å². The number of aliphatic hydroxyl groups excluding tert-OH is 11. The Morgan fingerprint density at radius 3 is 1.06 bits per heavy atom. The predicted octanol–water partition coefficient (Wildman–Crippen LogP) is 13.8. The molecule has 0 aromatic carbocycles. The third kappa shape index (κ3) is 44.1. The number of ether oxygens (including phenoxy) is 6. The highest BCUT2D eigenvalue weighted by Gasteiger charge is 2.54. The van der Waals surface area contributed by atoms with Crippen LogP contribution in [0, 0.1) is 0 Å². The molecule has 1 amide bonds. The largest absolute Gasteiger partial charge is 0.394 e. The fourth-order valence-electron chi connectivity index (χ4n) is 12.3. The van der Waals surface area contributed by atoms with Crippen molar-refractivity contribution >= 4 is 5.91 Å². The van der Waals surface area contributed by atoms with Crippen molar-refractivity contribution < 1.29 is 89.4 Å². The van der Waals surface area contributed by atoms with E-state index >= 15 is 0 Å². The summed E-state index contributed by atoms with van der Waals surface area (Å²) < 4.78 is 34.4. The standard InChI is InChI=1S/C87H141NO18/c1-3-5-7-9-11-13-15-17-19-21-23-25-27-28-29-30-31-32-33-34-35-36-37-38-39-40-41-42-43-45-47-49-51-53-55-57-59-61-63-65-75(93)88-70(71(92)64-62-60-58-56-54-52-50-48-46-44-26-24-22-20-18-16-14-12-10-8-6-4-2)69-101-85-81(99)78(96)83(73(67-90)103-85)106-87-82(100)79(97)84(74(68-91)104-87)105-86-80(98)77(95)76(94)72(66-89)102-86/h5,7,11,13,17,19,23,25,28-29,31-32,34-35,37-38,40-41,43,45,49,51,54-57,62,64,70-74,76-87,89-92,94-100H,3-4,6,8-10,12,14-16,18,20-22,24,26-27,30,33,36,39,42,44,46-48,50,52-53,58-61,63,65-69H2,1-2H3,(H,88,93)/b7-5-,13-11-,19-17-,25-23-,29-28-,32-31-,35-34-,38-37-,41-40-,45-43-,51-49-,56-54+,57-55-,64-62+. The minimum absolute atomic E-state index is 0.169. The molecule has 0 aromatic heterocycles. The van der Waals surface area contributed by atoms with Crippen LogP contribution in [0.25, 0.3) is 0 Å². The first-order chi connectivity index (χ1) is 51.8. The zero-order chi connectivity index (χ0) is 76.7. The Morgan fingerprint density at radius 1 is 0.349 bits per heavy atom. The monoisotopic (exact) mass is 1490 g/mol. The summed E-state index contributed by atoms with van der Waals surface area (Å²) in [5, 5.41) is 121. The molecule has 19 nitrogen and oxygen atoms in total. The molecule has 3 rings (SSSR count). The van der Waals surface area contributed by atoms with Gasteiger partial charge in [-0.05, 0) is 122 Å². The average Bonchev–Trinajstić information content (AvgIpc) is 0.780. The quantitative estimate of drug-likeness (QED) is 0.0199. The van der Waals surface area contributed by atoms with Gasteiger partial charge in [-0.3, -0.25) is 4.79 Å². The van der Waals surface area contributed by atoms with E-state index in [2.05, 4.69) is 177 Å². The first kappa shape index (κ1) is 95.4. The van der Waals surface area contributed by atoms with E-state index in [-0.39, 0.29) is 12.3 Å². The normalized spacial score (nSPS) is 26.6. The van der Waals surface area contributed by atoms with Gasteiger partial charge in [-0.25, -0.2) is 0 Å². The molecule has 19 heteroatoms. The van der Waals surface area contributed by atoms with Gasteiger partial charge in [0.25, 0.3) is 0 Å². The highest BCUT2D eigenvalue weighted by molar-refractivity contribution is 5.76. The predicted molar refractivity (Wildman–Crippen MR) is 424 cm³/mol. The van der Waals surface area contributed by atoms with Crippen molar-refractivity contribution in [2.45, 2.75) is 343 Å². The van der Waals surface area contributed by atoms with Crippen LogP contribution < -0.4 is 5.32 Å². The maximum Gasteiger partial charge on any atom is 0.220 e. The van der Waals surface area contributed by atoms with Gasteiger partial charge in [0.15, 0.2) is 18.9 Å². The van der Waals surface area contributed by atoms with Gasteiger partial charge >= 0.3 is 0 Å². The lowest BCUT2D eigenvalue weighted by Gasteiger charge is -2.48. The molecule has 3 heterocycles. The molecule has 0 aliphatic carbocycles. The van der Waals surface area contributed by atoms with Crippen molar-refractivity contribution in [2.24, 2.45) is 0 Å². The average molecular weight is 1490 g/mol. The number of unbranched alkanes of at least 4 members (excludes halogenated alkanes) is 19. The van der Waals surface area contributed by atoms with E-state index in [1.165, 1.54) is 96.3 Å². The Hall–Kier alpha value is -4.85. The summed E-state index contributed by atoms with van der Waals surface area (Å²) in [6.45, 7) is 1.56. The zero-order valence-electron chi connectivity index (χ0n) is 64.3. The highest BCUT2D eigenvalue weighted by atomic mass is 16.8. The van der Waals surface area contributed by atoms with Crippen LogP contribution in [0.3, 0.4) is 0 Å². The van der Waals surface area contributed by atoms with E-state index < -0.39 is 131 Å². The van der Waals surface area contributed by atoms with Crippen molar-refractivity contribution in [3.05, 3.63) is 170 Å². The Bertz CT molecular complexity index is 2580. The summed E-state index contributed by atoms with van der Waals surface area (Å²) >= 11 is 0. The van der Waals surface area contributed by atoms with Crippen molar-refractivity contribution in [3.63, 3.8) is 0 Å². The molecular formula is C87H141NO18. The lowest BCUT2D eigenvalue weighted by molar-refractivity contribution is -0.379. The summed E-state index contributed by atoms with van der Waals surface area (Å²) in [7, 11) is 0. The molecule has 602 valence electrons. The van der Waals surface area contributed by atoms with Crippen molar-refractivity contribution in [1.29, 1.82) is 0 Å². The minimum Gasteiger partial charge on any atom is -0.394 e. The van der Waals surface area contributed by atoms with Crippen molar-refractivity contribution in [1.82, 2.24) is 5.32 Å². The third-order valence-corrected chi connectivity index (χ3v) is 18.7. The molecule has 12 N–H and O–H groups in total. The first-order valence-corrected chi connectivity index (χ1v) is 40.4. The highest BCUT2D eigenvalue weighted by Crippen LogP contribution is 2.33. The fourth-order valence-corrected chi connectivity index (χ4v) is 12.3. The first-order valence-electron chi connectivity index (χ1n) is 40.4. The van der Waals surface area contributed by atoms with Crippen LogP contribution in [0.5, 0.6) is 0 Å². The van der Waals surface area contributed by atoms with Gasteiger partial charge < -0.3 is 89.9 Å². The van der Waals surface area contributed by atoms with Gasteiger partial charge in [0, 0.05) is 6.42 Å². The molecule has 17 atom stereocenters. The third-order valence-electron chi connectivity index (χ3n) is 18.7. The number of allylic oxidation sites excluding steroid dienone is 27. The van der Waals surface area contributed by atoms with Gasteiger partial charge in [0.05, 0.1) is 38.6 Å². The van der Waals surface area contributed by atoms with E-state index in [1.807, 2.05) is 6.08 Å². The summed E-state index contributed by atoms with van der Waals surface area (Å²) in [5.41, 5.74) is 0. The second-order valence-electron chi connectivity index (χ2n) is 27.8. The Kier molecular flexibility index (Phi) is 58.4. The second kappa shape index (κ2) is 64.9. The van der Waals surface area contributed by atoms with E-state index in [4.69, 9.17) is 28.4 Å². The molecular weight excluding hydrogens is 1350 g/mol. The van der Waals surface area contributed by atoms with Gasteiger partial charge in [0.2, 0.25) is 5.91 Å². The second-order valence-corrected chi connectivity index (χ2v) is 27.8. The van der Waals surface area contributed by atoms with Crippen LogP contribution >= 0.6 is 0 Å². The number of hydrogen-bond acceptors (Lipinski definition) is 18. The maximum atomic E-state index is 13.4. The minimum atomic E-state index is -2.00. The smallest absolute Gasteiger partial charge is 0.220 e. The molecule has 3 aliphatic rings. The number of carbonyl (C=O) groups is 1. The molecule has 0 bridgehead atoms. The number of rotatable bonds is 61. The summed E-state index contributed by atoms with van der Waals surface area (Å²) in [6, 6.07) is -1.03. The Morgan fingerprint density at radius 2 is 0.660 bits per heavy atom. The lowest BCUT2D eigenvalue weighted by Crippen LogP contribution is -2.66. The van der Waals surface area contributed by atoms with Crippen LogP contribution in [0.1, 0.15) is 239 Å². The summed E-state index contributed by atoms with van der Waals surface area (Å²) in [4.78, 5) is 13.4. The van der Waals surface area contributed by atoms with E-state index in [9.17, 15) is 61.0 Å². The van der Waals surface area contributed by atoms with Gasteiger partial charge in [-0.15, -0.1) is 0 Å². The molecule has 0 saturated carbocycles. The van der Waals surface area contributed by atoms with E-state index in [1.54, 1.807) is 6.08 Å². The van der Waals surface area contributed by atoms with Crippen LogP contribution in [-0.4, -0.2) is 193 Å². The molecule has 106 heavy (non-hydrogen) atoms. The number of hydrogen-bond donors (Lipinski definition) is 12. The maximum absolute atomic E-state index is 13.4. The van der Waals surface area contributed by atoms with Crippen molar-refractivity contribution in [2.75, 3.05) is 26.4 Å². The van der Waals surface area contributed by atoms with E-state index in [0.717, 1.165) is 109 Å². The van der Waals surface area contributed by atoms with E-state index in [0.29, 0.717) is 12.8 Å². The van der Waals surface area contributed by atoms with Crippen LogP contribution in [-0.2, 0) is 33.2 Å². The van der Waals surface area contributed by atoms with Crippen LogP contribution in [0.4, 0.5) is 0 Å². The van der Waals surface area contributed by atoms with Crippen LogP contribution in [0.2, 0.25) is 0 Å². The molecule has 0 radical (unpaired) electrons. The SMILES string of the molecule is CC/C=C\C/C=C\C/C=C\C/C=C\C/C=C\C/C=C\C/C=C\C/C=C\C/C=C\C/C=C\C/C=C\C/C=C\CCCCC(=O)NC(COC1OC(CO)C(OC2OC(CO)C(OC3OC(CO)C(O)C(O)C3O)C(O)C2O)C(O)C1O)C(O)/C=C/CC/C=C/CCCCCCCCCCCCCCCCCC. The summed E-state index contributed by atoms with van der Waals surface area (Å²) in [6.07, 6.45) is 70.5. The number of nitrogens with one attached hydrogen (secondary N) is 1. The number of amides is 1. The van der Waals surface area contributed by atoms with Gasteiger partial charge in [-0.2, -0.15) is 0 Å². The Labute approximate surface area is 637 Å². The molecule has 3 saturated heterocycles. The number of aliphatic hydroxyl groups is 11. The molecule has 3 aliphatic heterocycles. The molecule has 3 fully saturated rings. The zero-order valence-corrected chi connectivity index (χ0v) is 64.3. The summed E-state index contributed by atoms with van der Waals surface area (Å²) in [5.74, 6) is -0.334. The molecule has 0 aromatic rings. The number of carbonyl (C=O) groups excluding carboxylic acids is 1. The molecule has 17 unspecified atom stereocenters. The lowest BCUT2D eigenvalue weighted by atomic mass is 9.96. The van der Waals surface area contributed by atoms with Crippen molar-refractivity contribution in [3.8, 4) is 0 Å². The van der Waals surface area contributed by atoms with Gasteiger partial charge in [0.1, 0.15) is 73.2 Å².